The number of benzene rings is 2. The molecule has 3 rings (SSSR count). The normalized spacial score (nSPS) is 14.5. The van der Waals surface area contributed by atoms with Gasteiger partial charge in [0.15, 0.2) is 5.96 Å². The quantitative estimate of drug-likeness (QED) is 0.559. The van der Waals surface area contributed by atoms with Crippen LogP contribution in [-0.4, -0.2) is 36.4 Å². The monoisotopic (exact) mass is 410 g/mol. The number of likely N-dealkylation sites (tertiary alicyclic amines) is 1. The lowest BCUT2D eigenvalue weighted by Gasteiger charge is -2.26. The number of aliphatic imine (C=N–C) groups is 1. The summed E-state index contributed by atoms with van der Waals surface area (Å²) in [6, 6.07) is 12.8. The summed E-state index contributed by atoms with van der Waals surface area (Å²) in [5, 5.41) is 6.54. The van der Waals surface area contributed by atoms with Gasteiger partial charge in [0.1, 0.15) is 5.82 Å². The third-order valence-corrected chi connectivity index (χ3v) is 5.29. The molecule has 2 aromatic carbocycles. The van der Waals surface area contributed by atoms with Crippen molar-refractivity contribution in [3.05, 3.63) is 70.5 Å². The van der Waals surface area contributed by atoms with Gasteiger partial charge in [-0.15, -0.1) is 0 Å². The summed E-state index contributed by atoms with van der Waals surface area (Å²) in [6.45, 7) is 7.31. The molecular formula is C24H31FN4O. The summed E-state index contributed by atoms with van der Waals surface area (Å²) in [7, 11) is 0. The van der Waals surface area contributed by atoms with Gasteiger partial charge in [-0.05, 0) is 68.0 Å². The van der Waals surface area contributed by atoms with Gasteiger partial charge in [-0.3, -0.25) is 4.79 Å². The summed E-state index contributed by atoms with van der Waals surface area (Å²) in [4.78, 5) is 19.1. The van der Waals surface area contributed by atoms with Crippen LogP contribution in [0.15, 0.2) is 47.5 Å². The van der Waals surface area contributed by atoms with Gasteiger partial charge >= 0.3 is 0 Å². The molecule has 0 bridgehead atoms. The van der Waals surface area contributed by atoms with E-state index in [4.69, 9.17) is 0 Å². The number of amides is 1. The van der Waals surface area contributed by atoms with Gasteiger partial charge in [-0.25, -0.2) is 9.38 Å². The van der Waals surface area contributed by atoms with E-state index in [1.807, 2.05) is 42.2 Å². The minimum atomic E-state index is -0.199. The highest BCUT2D eigenvalue weighted by Crippen LogP contribution is 2.14. The SMILES string of the molecule is CCNC(=NCc1ccc(F)c(C)c1)NCc1ccc(C(=O)N2CCCCC2)cc1. The first-order chi connectivity index (χ1) is 14.6. The average Bonchev–Trinajstić information content (AvgIpc) is 2.78. The Morgan fingerprint density at radius 3 is 2.40 bits per heavy atom. The van der Waals surface area contributed by atoms with Crippen molar-refractivity contribution in [2.75, 3.05) is 19.6 Å². The predicted octanol–water partition coefficient (Wildman–Crippen LogP) is 4.02. The second-order valence-electron chi connectivity index (χ2n) is 7.68. The van der Waals surface area contributed by atoms with E-state index in [1.165, 1.54) is 12.5 Å². The van der Waals surface area contributed by atoms with Gasteiger partial charge in [0.25, 0.3) is 5.91 Å². The number of guanidine groups is 1. The summed E-state index contributed by atoms with van der Waals surface area (Å²) < 4.78 is 13.4. The fourth-order valence-electron chi connectivity index (χ4n) is 3.55. The van der Waals surface area contributed by atoms with Crippen molar-refractivity contribution in [1.29, 1.82) is 0 Å². The molecule has 0 atom stereocenters. The van der Waals surface area contributed by atoms with Gasteiger partial charge in [-0.2, -0.15) is 0 Å². The molecule has 1 amide bonds. The fraction of sp³-hybridized carbons (Fsp3) is 0.417. The third-order valence-electron chi connectivity index (χ3n) is 5.29. The first-order valence-corrected chi connectivity index (χ1v) is 10.7. The van der Waals surface area contributed by atoms with E-state index >= 15 is 0 Å². The molecule has 1 aliphatic heterocycles. The van der Waals surface area contributed by atoms with Gasteiger partial charge in [0.05, 0.1) is 6.54 Å². The molecule has 0 aliphatic carbocycles. The smallest absolute Gasteiger partial charge is 0.253 e. The first kappa shape index (κ1) is 21.8. The number of nitrogens with one attached hydrogen (secondary N) is 2. The lowest BCUT2D eigenvalue weighted by Crippen LogP contribution is -2.37. The molecule has 1 aliphatic rings. The molecule has 1 fully saturated rings. The zero-order valence-electron chi connectivity index (χ0n) is 17.9. The Hall–Kier alpha value is -2.89. The van der Waals surface area contributed by atoms with Crippen molar-refractivity contribution in [1.82, 2.24) is 15.5 Å². The second kappa shape index (κ2) is 10.8. The van der Waals surface area contributed by atoms with Crippen LogP contribution in [0.2, 0.25) is 0 Å². The predicted molar refractivity (Wildman–Crippen MR) is 119 cm³/mol. The van der Waals surface area contributed by atoms with Gasteiger partial charge in [-0.1, -0.05) is 24.3 Å². The molecular weight excluding hydrogens is 379 g/mol. The number of aryl methyl sites for hydroxylation is 1. The van der Waals surface area contributed by atoms with E-state index in [9.17, 15) is 9.18 Å². The van der Waals surface area contributed by atoms with Crippen molar-refractivity contribution >= 4 is 11.9 Å². The first-order valence-electron chi connectivity index (χ1n) is 10.7. The molecule has 0 spiro atoms. The molecule has 1 saturated heterocycles. The molecule has 1 heterocycles. The molecule has 0 radical (unpaired) electrons. The highest BCUT2D eigenvalue weighted by atomic mass is 19.1. The van der Waals surface area contributed by atoms with Crippen LogP contribution in [0.3, 0.4) is 0 Å². The van der Waals surface area contributed by atoms with Crippen LogP contribution in [-0.2, 0) is 13.1 Å². The Kier molecular flexibility index (Phi) is 7.82. The largest absolute Gasteiger partial charge is 0.357 e. The van der Waals surface area contributed by atoms with E-state index in [1.54, 1.807) is 13.0 Å². The van der Waals surface area contributed by atoms with Crippen molar-refractivity contribution < 1.29 is 9.18 Å². The maximum atomic E-state index is 13.4. The number of carbonyl (C=O) groups is 1. The topological polar surface area (TPSA) is 56.7 Å². The summed E-state index contributed by atoms with van der Waals surface area (Å²) in [5.41, 5.74) is 3.41. The Morgan fingerprint density at radius 2 is 1.73 bits per heavy atom. The van der Waals surface area contributed by atoms with Crippen LogP contribution in [0.25, 0.3) is 0 Å². The zero-order valence-corrected chi connectivity index (χ0v) is 17.9. The van der Waals surface area contributed by atoms with Crippen molar-refractivity contribution in [3.8, 4) is 0 Å². The van der Waals surface area contributed by atoms with Crippen LogP contribution in [0.5, 0.6) is 0 Å². The van der Waals surface area contributed by atoms with Crippen LogP contribution in [0.4, 0.5) is 4.39 Å². The molecule has 6 heteroatoms. The average molecular weight is 411 g/mol. The highest BCUT2D eigenvalue weighted by Gasteiger charge is 2.17. The maximum Gasteiger partial charge on any atom is 0.253 e. The van der Waals surface area contributed by atoms with Crippen LogP contribution in [0, 0.1) is 12.7 Å². The minimum Gasteiger partial charge on any atom is -0.357 e. The number of nitrogens with zero attached hydrogens (tertiary/aromatic N) is 2. The van der Waals surface area contributed by atoms with Crippen molar-refractivity contribution in [2.45, 2.75) is 46.2 Å². The number of piperidine rings is 1. The number of rotatable bonds is 6. The Labute approximate surface area is 178 Å². The third kappa shape index (κ3) is 6.05. The molecule has 160 valence electrons. The Balaban J connectivity index is 1.57. The minimum absolute atomic E-state index is 0.124. The van der Waals surface area contributed by atoms with Gasteiger partial charge < -0.3 is 15.5 Å². The lowest BCUT2D eigenvalue weighted by atomic mass is 10.1. The van der Waals surface area contributed by atoms with Crippen molar-refractivity contribution in [3.63, 3.8) is 0 Å². The van der Waals surface area contributed by atoms with E-state index in [0.29, 0.717) is 24.6 Å². The van der Waals surface area contributed by atoms with E-state index in [2.05, 4.69) is 15.6 Å². The second-order valence-corrected chi connectivity index (χ2v) is 7.68. The summed E-state index contributed by atoms with van der Waals surface area (Å²) in [5.74, 6) is 0.627. The standard InChI is InChI=1S/C24H31FN4O/c1-3-26-24(28-17-20-9-12-22(25)18(2)15-20)27-16-19-7-10-21(11-8-19)23(30)29-13-5-4-6-14-29/h7-12,15H,3-6,13-14,16-17H2,1-2H3,(H2,26,27,28). The lowest BCUT2D eigenvalue weighted by molar-refractivity contribution is 0.0724. The maximum absolute atomic E-state index is 13.4. The van der Waals surface area contributed by atoms with E-state index in [0.717, 1.165) is 49.2 Å². The molecule has 0 unspecified atom stereocenters. The van der Waals surface area contributed by atoms with E-state index < -0.39 is 0 Å². The summed E-state index contributed by atoms with van der Waals surface area (Å²) in [6.07, 6.45) is 3.40. The van der Waals surface area contributed by atoms with Crippen LogP contribution in [0.1, 0.15) is 53.2 Å². The molecule has 2 aromatic rings. The van der Waals surface area contributed by atoms with Crippen LogP contribution < -0.4 is 10.6 Å². The highest BCUT2D eigenvalue weighted by molar-refractivity contribution is 5.94. The Bertz CT molecular complexity index is 873. The number of hydrogen-bond donors (Lipinski definition) is 2. The van der Waals surface area contributed by atoms with E-state index in [-0.39, 0.29) is 11.7 Å². The van der Waals surface area contributed by atoms with Gasteiger partial charge in [0, 0.05) is 31.7 Å². The molecule has 30 heavy (non-hydrogen) atoms. The fourth-order valence-corrected chi connectivity index (χ4v) is 3.55. The zero-order chi connectivity index (χ0) is 21.3. The Morgan fingerprint density at radius 1 is 1.03 bits per heavy atom. The van der Waals surface area contributed by atoms with Gasteiger partial charge in [0.2, 0.25) is 0 Å². The number of halogens is 1. The van der Waals surface area contributed by atoms with Crippen molar-refractivity contribution in [2.24, 2.45) is 4.99 Å². The number of hydrogen-bond acceptors (Lipinski definition) is 2. The molecule has 0 aromatic heterocycles. The molecule has 5 nitrogen and oxygen atoms in total. The van der Waals surface area contributed by atoms with Crippen LogP contribution >= 0.6 is 0 Å². The molecule has 0 saturated carbocycles. The molecule has 2 N–H and O–H groups in total. The summed E-state index contributed by atoms with van der Waals surface area (Å²) >= 11 is 0. The number of carbonyl (C=O) groups excluding carboxylic acids is 1.